The van der Waals surface area contributed by atoms with Crippen LogP contribution in [0.5, 0.6) is 5.88 Å². The number of ketones is 1. The zero-order chi connectivity index (χ0) is 21.4. The van der Waals surface area contributed by atoms with Crippen LogP contribution >= 0.6 is 0 Å². The average molecular weight is 432 g/mol. The zero-order valence-electron chi connectivity index (χ0n) is 17.7. The number of carbonyl (C=O) groups is 2. The van der Waals surface area contributed by atoms with Crippen LogP contribution in [0.15, 0.2) is 12.3 Å². The second-order valence-corrected chi connectivity index (χ2v) is 9.38. The van der Waals surface area contributed by atoms with Crippen molar-refractivity contribution in [2.45, 2.75) is 63.0 Å². The molecule has 5 aliphatic rings. The number of carbonyl (C=O) groups excluding carboxylic acids is 2. The number of fused-ring (bicyclic) bond motifs is 5. The number of amides is 1. The van der Waals surface area contributed by atoms with Gasteiger partial charge in [0.05, 0.1) is 30.9 Å². The van der Waals surface area contributed by atoms with Crippen molar-refractivity contribution in [3.8, 4) is 5.88 Å². The number of pyridine rings is 1. The molecule has 0 unspecified atom stereocenters. The summed E-state index contributed by atoms with van der Waals surface area (Å²) in [6, 6.07) is 1.12. The first-order valence-corrected chi connectivity index (χ1v) is 11.3. The van der Waals surface area contributed by atoms with Crippen molar-refractivity contribution in [3.05, 3.63) is 23.6 Å². The molecule has 8 heteroatoms. The first-order valence-electron chi connectivity index (χ1n) is 11.3. The molecule has 7 nitrogen and oxygen atoms in total. The molecule has 168 valence electrons. The summed E-state index contributed by atoms with van der Waals surface area (Å²) in [5.74, 6) is -0.207. The van der Waals surface area contributed by atoms with Crippen LogP contribution in [-0.2, 0) is 19.1 Å². The fourth-order valence-corrected chi connectivity index (χ4v) is 5.93. The maximum atomic E-state index is 14.7. The third-order valence-electron chi connectivity index (χ3n) is 7.48. The monoisotopic (exact) mass is 432 g/mol. The Kier molecular flexibility index (Phi) is 5.69. The molecule has 0 N–H and O–H groups in total. The summed E-state index contributed by atoms with van der Waals surface area (Å²) in [5.41, 5.74) is 0.0639. The number of hydrogen-bond acceptors (Lipinski definition) is 6. The van der Waals surface area contributed by atoms with Crippen molar-refractivity contribution in [2.24, 2.45) is 5.41 Å². The van der Waals surface area contributed by atoms with Crippen LogP contribution in [0.4, 0.5) is 4.39 Å². The van der Waals surface area contributed by atoms with E-state index in [0.717, 1.165) is 38.5 Å². The molecule has 3 fully saturated rings. The van der Waals surface area contributed by atoms with Crippen LogP contribution in [-0.4, -0.2) is 66.7 Å². The van der Waals surface area contributed by atoms with Crippen molar-refractivity contribution in [1.29, 1.82) is 0 Å². The molecule has 1 amide bonds. The van der Waals surface area contributed by atoms with E-state index in [1.54, 1.807) is 4.90 Å². The van der Waals surface area contributed by atoms with E-state index >= 15 is 0 Å². The van der Waals surface area contributed by atoms with Gasteiger partial charge in [-0.2, -0.15) is 0 Å². The van der Waals surface area contributed by atoms with Gasteiger partial charge >= 0.3 is 0 Å². The van der Waals surface area contributed by atoms with Gasteiger partial charge in [-0.15, -0.1) is 0 Å². The highest BCUT2D eigenvalue weighted by molar-refractivity contribution is 5.82. The first-order chi connectivity index (χ1) is 15.1. The standard InChI is InChI=1S/C23H29FN2O5/c24-18-6-8-25-22-21(18)15-2-4-17(5-3-15)30-12-19-23(10-16(27)11-29-14-23)7-1-9-26(19)20(28)13-31-22/h6,8,15,17,19H,1-5,7,9-14H2/t15?,17?,19-,23+/m1/s1. The smallest absolute Gasteiger partial charge is 0.260 e. The van der Waals surface area contributed by atoms with Gasteiger partial charge in [-0.1, -0.05) is 0 Å². The van der Waals surface area contributed by atoms with Crippen molar-refractivity contribution in [1.82, 2.24) is 9.88 Å². The van der Waals surface area contributed by atoms with Crippen LogP contribution in [0.3, 0.4) is 0 Å². The van der Waals surface area contributed by atoms with E-state index in [2.05, 4.69) is 4.98 Å². The molecule has 2 atom stereocenters. The van der Waals surface area contributed by atoms with Gasteiger partial charge in [-0.3, -0.25) is 9.59 Å². The van der Waals surface area contributed by atoms with E-state index in [9.17, 15) is 14.0 Å². The van der Waals surface area contributed by atoms with E-state index < -0.39 is 5.41 Å². The van der Waals surface area contributed by atoms with Gasteiger partial charge in [0.15, 0.2) is 12.4 Å². The Balaban J connectivity index is 1.47. The Labute approximate surface area is 181 Å². The molecule has 6 rings (SSSR count). The molecule has 2 saturated heterocycles. The van der Waals surface area contributed by atoms with Gasteiger partial charge in [0.1, 0.15) is 12.4 Å². The van der Waals surface area contributed by atoms with E-state index in [-0.39, 0.29) is 54.7 Å². The summed E-state index contributed by atoms with van der Waals surface area (Å²) in [6.45, 7) is 1.37. The highest BCUT2D eigenvalue weighted by atomic mass is 19.1. The van der Waals surface area contributed by atoms with E-state index in [4.69, 9.17) is 14.2 Å². The second-order valence-electron chi connectivity index (χ2n) is 9.38. The topological polar surface area (TPSA) is 78.0 Å². The number of Topliss-reactive ketones (excluding diaryl/α,β-unsaturated/α-hetero) is 1. The summed E-state index contributed by atoms with van der Waals surface area (Å²) < 4.78 is 32.5. The molecule has 5 heterocycles. The summed E-state index contributed by atoms with van der Waals surface area (Å²) >= 11 is 0. The lowest BCUT2D eigenvalue weighted by molar-refractivity contribution is -0.163. The largest absolute Gasteiger partial charge is 0.467 e. The van der Waals surface area contributed by atoms with Crippen LogP contribution < -0.4 is 4.74 Å². The fourth-order valence-electron chi connectivity index (χ4n) is 5.93. The van der Waals surface area contributed by atoms with E-state index in [1.165, 1.54) is 12.3 Å². The van der Waals surface area contributed by atoms with Crippen molar-refractivity contribution < 1.29 is 28.2 Å². The lowest BCUT2D eigenvalue weighted by Crippen LogP contribution is -2.61. The molecular formula is C23H29FN2O5. The van der Waals surface area contributed by atoms with Crippen molar-refractivity contribution in [2.75, 3.05) is 33.0 Å². The van der Waals surface area contributed by atoms with Crippen molar-refractivity contribution >= 4 is 11.7 Å². The van der Waals surface area contributed by atoms with E-state index in [0.29, 0.717) is 31.7 Å². The number of rotatable bonds is 0. The highest BCUT2D eigenvalue weighted by Gasteiger charge is 2.50. The maximum absolute atomic E-state index is 14.7. The van der Waals surface area contributed by atoms with Gasteiger partial charge in [0, 0.05) is 24.6 Å². The Hall–Kier alpha value is -2.06. The third kappa shape index (κ3) is 3.96. The molecule has 1 saturated carbocycles. The molecule has 31 heavy (non-hydrogen) atoms. The number of nitrogens with zero attached hydrogens (tertiary/aromatic N) is 2. The highest BCUT2D eigenvalue weighted by Crippen LogP contribution is 2.44. The first kappa shape index (κ1) is 20.8. The summed E-state index contributed by atoms with van der Waals surface area (Å²) in [7, 11) is 0. The fraction of sp³-hybridized carbons (Fsp3) is 0.696. The third-order valence-corrected chi connectivity index (χ3v) is 7.48. The zero-order valence-corrected chi connectivity index (χ0v) is 17.7. The molecule has 4 aliphatic heterocycles. The second kappa shape index (κ2) is 8.47. The Morgan fingerprint density at radius 1 is 1.16 bits per heavy atom. The molecule has 1 aliphatic carbocycles. The number of aromatic nitrogens is 1. The maximum Gasteiger partial charge on any atom is 0.260 e. The predicted octanol–water partition coefficient (Wildman–Crippen LogP) is 2.62. The van der Waals surface area contributed by atoms with Crippen LogP contribution in [0.1, 0.15) is 56.4 Å². The van der Waals surface area contributed by atoms with Crippen molar-refractivity contribution in [3.63, 3.8) is 0 Å². The van der Waals surface area contributed by atoms with Gasteiger partial charge < -0.3 is 19.1 Å². The number of hydrogen-bond donors (Lipinski definition) is 0. The average Bonchev–Trinajstić information content (AvgIpc) is 2.78. The minimum atomic E-state index is -0.414. The number of ether oxygens (including phenoxy) is 3. The Bertz CT molecular complexity index is 852. The van der Waals surface area contributed by atoms with Crippen LogP contribution in [0.2, 0.25) is 0 Å². The molecular weight excluding hydrogens is 403 g/mol. The normalized spacial score (nSPS) is 34.2. The van der Waals surface area contributed by atoms with Gasteiger partial charge in [0.25, 0.3) is 5.91 Å². The molecule has 1 aromatic rings. The van der Waals surface area contributed by atoms with Crippen LogP contribution in [0.25, 0.3) is 0 Å². The number of piperidine rings is 1. The Morgan fingerprint density at radius 3 is 2.81 bits per heavy atom. The molecule has 1 aromatic heterocycles. The molecule has 0 radical (unpaired) electrons. The SMILES string of the molecule is O=C1COC[C@]2(CCCN3C(=O)COc4nccc(F)c4C4CCC(CC4)OC[C@@H]32)C1. The predicted molar refractivity (Wildman–Crippen MR) is 108 cm³/mol. The Morgan fingerprint density at radius 2 is 2.00 bits per heavy atom. The van der Waals surface area contributed by atoms with Gasteiger partial charge in [0.2, 0.25) is 5.88 Å². The molecule has 1 spiro atoms. The number of halogens is 1. The minimum Gasteiger partial charge on any atom is -0.467 e. The van der Waals surface area contributed by atoms with E-state index in [1.807, 2.05) is 0 Å². The molecule has 2 bridgehead atoms. The lowest BCUT2D eigenvalue weighted by Gasteiger charge is -2.51. The van der Waals surface area contributed by atoms with Crippen LogP contribution in [0, 0.1) is 11.2 Å². The quantitative estimate of drug-likeness (QED) is 0.627. The summed E-state index contributed by atoms with van der Waals surface area (Å²) in [6.07, 6.45) is 6.72. The lowest BCUT2D eigenvalue weighted by atomic mass is 9.69. The molecule has 0 aromatic carbocycles. The minimum absolute atomic E-state index is 0.0118. The summed E-state index contributed by atoms with van der Waals surface area (Å²) in [5, 5.41) is 0. The van der Waals surface area contributed by atoms with Gasteiger partial charge in [-0.05, 0) is 50.5 Å². The summed E-state index contributed by atoms with van der Waals surface area (Å²) in [4.78, 5) is 31.6. The van der Waals surface area contributed by atoms with Gasteiger partial charge in [-0.25, -0.2) is 9.37 Å².